The first kappa shape index (κ1) is 20.3. The highest BCUT2D eigenvalue weighted by Crippen LogP contribution is 2.48. The molecule has 0 spiro atoms. The minimum Gasteiger partial charge on any atom is -0.460 e. The van der Waals surface area contributed by atoms with E-state index in [2.05, 4.69) is 20.8 Å². The van der Waals surface area contributed by atoms with E-state index >= 15 is 0 Å². The van der Waals surface area contributed by atoms with Crippen molar-refractivity contribution in [3.8, 4) is 0 Å². The second-order valence-electron chi connectivity index (χ2n) is 10.6. The van der Waals surface area contributed by atoms with Gasteiger partial charge in [-0.15, -0.1) is 0 Å². The lowest BCUT2D eigenvalue weighted by molar-refractivity contribution is -0.174. The summed E-state index contributed by atoms with van der Waals surface area (Å²) < 4.78 is 11.0. The fourth-order valence-electron chi connectivity index (χ4n) is 4.52. The molecule has 2 aliphatic carbocycles. The van der Waals surface area contributed by atoms with Crippen molar-refractivity contribution in [1.82, 2.24) is 0 Å². The van der Waals surface area contributed by atoms with Crippen molar-refractivity contribution >= 4 is 11.9 Å². The van der Waals surface area contributed by atoms with Gasteiger partial charge in [-0.3, -0.25) is 4.79 Å². The van der Waals surface area contributed by atoms with Crippen LogP contribution in [0.15, 0.2) is 0 Å². The summed E-state index contributed by atoms with van der Waals surface area (Å²) >= 11 is 0. The van der Waals surface area contributed by atoms with Crippen LogP contribution in [0.25, 0.3) is 0 Å². The molecule has 0 radical (unpaired) electrons. The molecule has 4 unspecified atom stereocenters. The normalized spacial score (nSPS) is 28.5. The van der Waals surface area contributed by atoms with Gasteiger partial charge in [0.05, 0.1) is 5.41 Å². The molecule has 0 aliphatic heterocycles. The second-order valence-corrected chi connectivity index (χ2v) is 10.6. The minimum absolute atomic E-state index is 0.00928. The predicted molar refractivity (Wildman–Crippen MR) is 97.9 cm³/mol. The summed E-state index contributed by atoms with van der Waals surface area (Å²) in [6.45, 7) is 14.2. The lowest BCUT2D eigenvalue weighted by Gasteiger charge is -2.43. The maximum atomic E-state index is 12.8. The number of rotatable bonds is 5. The molecule has 144 valence electrons. The lowest BCUT2D eigenvalue weighted by atomic mass is 9.61. The zero-order valence-electron chi connectivity index (χ0n) is 17.1. The van der Waals surface area contributed by atoms with Crippen molar-refractivity contribution in [3.63, 3.8) is 0 Å². The van der Waals surface area contributed by atoms with Crippen LogP contribution in [0.5, 0.6) is 0 Å². The van der Waals surface area contributed by atoms with E-state index in [-0.39, 0.29) is 29.5 Å². The first-order valence-corrected chi connectivity index (χ1v) is 9.68. The fraction of sp³-hybridized carbons (Fsp3) is 0.905. The van der Waals surface area contributed by atoms with Crippen LogP contribution in [0.3, 0.4) is 0 Å². The van der Waals surface area contributed by atoms with Gasteiger partial charge in [0.2, 0.25) is 0 Å². The third-order valence-electron chi connectivity index (χ3n) is 6.27. The molecule has 0 aromatic carbocycles. The van der Waals surface area contributed by atoms with E-state index in [9.17, 15) is 9.59 Å². The van der Waals surface area contributed by atoms with E-state index < -0.39 is 11.4 Å². The predicted octanol–water partition coefficient (Wildman–Crippen LogP) is 4.75. The summed E-state index contributed by atoms with van der Waals surface area (Å²) in [6.07, 6.45) is 5.33. The van der Waals surface area contributed by atoms with Gasteiger partial charge >= 0.3 is 11.9 Å². The maximum absolute atomic E-state index is 12.8. The number of fused-ring (bicyclic) bond motifs is 2. The molecule has 2 rings (SSSR count). The van der Waals surface area contributed by atoms with E-state index in [4.69, 9.17) is 9.47 Å². The molecule has 4 nitrogen and oxygen atoms in total. The van der Waals surface area contributed by atoms with Crippen LogP contribution in [0.1, 0.15) is 80.6 Å². The van der Waals surface area contributed by atoms with Gasteiger partial charge in [-0.25, -0.2) is 4.79 Å². The Labute approximate surface area is 153 Å². The van der Waals surface area contributed by atoms with Crippen LogP contribution in [0, 0.1) is 28.1 Å². The fourth-order valence-corrected chi connectivity index (χ4v) is 4.52. The Balaban J connectivity index is 1.91. The molecule has 4 atom stereocenters. The maximum Gasteiger partial charge on any atom is 0.344 e. The Morgan fingerprint density at radius 1 is 0.960 bits per heavy atom. The highest BCUT2D eigenvalue weighted by Gasteiger charge is 2.48. The number of esters is 2. The molecule has 0 aromatic heterocycles. The summed E-state index contributed by atoms with van der Waals surface area (Å²) in [4.78, 5) is 25.0. The first-order valence-electron chi connectivity index (χ1n) is 9.68. The van der Waals surface area contributed by atoms with Gasteiger partial charge < -0.3 is 9.47 Å². The quantitative estimate of drug-likeness (QED) is 0.670. The largest absolute Gasteiger partial charge is 0.460 e. The third kappa shape index (κ3) is 4.77. The number of ether oxygens (including phenoxy) is 2. The van der Waals surface area contributed by atoms with E-state index in [1.165, 1.54) is 12.8 Å². The zero-order chi connectivity index (χ0) is 19.0. The van der Waals surface area contributed by atoms with E-state index in [0.29, 0.717) is 12.3 Å². The molecular formula is C21H36O4. The standard InChI is InChI=1S/C21H36O4/c1-19(2,3)13-21(7,20(4,5)6)18(23)24-12-17(22)25-16-11-14-8-9-15(16)10-14/h14-16H,8-13H2,1-7H3. The van der Waals surface area contributed by atoms with Gasteiger partial charge in [0, 0.05) is 0 Å². The van der Waals surface area contributed by atoms with Gasteiger partial charge in [0.25, 0.3) is 0 Å². The molecule has 0 saturated heterocycles. The molecule has 0 N–H and O–H groups in total. The molecule has 0 amide bonds. The van der Waals surface area contributed by atoms with Crippen molar-refractivity contribution in [2.45, 2.75) is 86.7 Å². The molecule has 4 heteroatoms. The Morgan fingerprint density at radius 2 is 1.60 bits per heavy atom. The van der Waals surface area contributed by atoms with Crippen molar-refractivity contribution in [2.24, 2.45) is 28.1 Å². The highest BCUT2D eigenvalue weighted by atomic mass is 16.6. The van der Waals surface area contributed by atoms with Crippen LogP contribution in [0.2, 0.25) is 0 Å². The lowest BCUT2D eigenvalue weighted by Crippen LogP contribution is -2.45. The van der Waals surface area contributed by atoms with Crippen molar-refractivity contribution in [3.05, 3.63) is 0 Å². The third-order valence-corrected chi connectivity index (χ3v) is 6.27. The molecule has 2 bridgehead atoms. The number of hydrogen-bond acceptors (Lipinski definition) is 4. The Morgan fingerprint density at radius 3 is 2.04 bits per heavy atom. The average molecular weight is 353 g/mol. The number of carbonyl (C=O) groups excluding carboxylic acids is 2. The summed E-state index contributed by atoms with van der Waals surface area (Å²) in [6, 6.07) is 0. The van der Waals surface area contributed by atoms with Crippen LogP contribution in [-0.2, 0) is 19.1 Å². The van der Waals surface area contributed by atoms with Crippen LogP contribution in [-0.4, -0.2) is 24.6 Å². The summed E-state index contributed by atoms with van der Waals surface area (Å²) in [5, 5.41) is 0. The van der Waals surface area contributed by atoms with E-state index in [1.807, 2.05) is 27.7 Å². The van der Waals surface area contributed by atoms with Crippen molar-refractivity contribution < 1.29 is 19.1 Å². The van der Waals surface area contributed by atoms with Crippen molar-refractivity contribution in [1.29, 1.82) is 0 Å². The summed E-state index contributed by atoms with van der Waals surface area (Å²) in [5.41, 5.74) is -0.922. The Hall–Kier alpha value is -1.06. The SMILES string of the molecule is CC(C)(C)CC(C)(C(=O)OCC(=O)OC1CC2CCC1C2)C(C)(C)C. The molecule has 25 heavy (non-hydrogen) atoms. The van der Waals surface area contributed by atoms with Gasteiger partial charge in [-0.2, -0.15) is 0 Å². The number of carbonyl (C=O) groups is 2. The van der Waals surface area contributed by atoms with Crippen LogP contribution in [0.4, 0.5) is 0 Å². The second kappa shape index (κ2) is 6.92. The topological polar surface area (TPSA) is 52.6 Å². The minimum atomic E-state index is -0.655. The van der Waals surface area contributed by atoms with Crippen LogP contribution < -0.4 is 0 Å². The Kier molecular flexibility index (Phi) is 5.61. The first-order chi connectivity index (χ1) is 11.3. The number of hydrogen-bond donors (Lipinski definition) is 0. The van der Waals surface area contributed by atoms with E-state index in [1.54, 1.807) is 0 Å². The monoisotopic (exact) mass is 352 g/mol. The van der Waals surface area contributed by atoms with Crippen molar-refractivity contribution in [2.75, 3.05) is 6.61 Å². The smallest absolute Gasteiger partial charge is 0.344 e. The summed E-state index contributed by atoms with van der Waals surface area (Å²) in [7, 11) is 0. The highest BCUT2D eigenvalue weighted by molar-refractivity contribution is 5.81. The van der Waals surface area contributed by atoms with E-state index in [0.717, 1.165) is 18.8 Å². The summed E-state index contributed by atoms with van der Waals surface area (Å²) in [5.74, 6) is 0.532. The molecule has 2 aliphatic rings. The molecule has 2 saturated carbocycles. The Bertz CT molecular complexity index is 511. The average Bonchev–Trinajstić information content (AvgIpc) is 3.04. The molecular weight excluding hydrogens is 316 g/mol. The van der Waals surface area contributed by atoms with Gasteiger partial charge in [-0.1, -0.05) is 41.5 Å². The zero-order valence-corrected chi connectivity index (χ0v) is 17.1. The molecule has 0 aromatic rings. The van der Waals surface area contributed by atoms with Gasteiger partial charge in [0.15, 0.2) is 6.61 Å². The van der Waals surface area contributed by atoms with Gasteiger partial charge in [0.1, 0.15) is 6.10 Å². The van der Waals surface area contributed by atoms with Crippen LogP contribution >= 0.6 is 0 Å². The molecule has 0 heterocycles. The van der Waals surface area contributed by atoms with Gasteiger partial charge in [-0.05, 0) is 61.7 Å². The molecule has 2 fully saturated rings.